The van der Waals surface area contributed by atoms with Gasteiger partial charge in [-0.05, 0) is 30.5 Å². The van der Waals surface area contributed by atoms with Crippen LogP contribution >= 0.6 is 0 Å². The minimum absolute atomic E-state index is 0.311. The van der Waals surface area contributed by atoms with Crippen molar-refractivity contribution in [3.8, 4) is 0 Å². The van der Waals surface area contributed by atoms with Gasteiger partial charge in [0, 0.05) is 24.5 Å². The molecule has 0 aliphatic rings. The van der Waals surface area contributed by atoms with Crippen LogP contribution in [0.3, 0.4) is 0 Å². The molecular weight excluding hydrogens is 244 g/mol. The minimum atomic E-state index is 0.311. The predicted molar refractivity (Wildman–Crippen MR) is 84.5 cm³/mol. The summed E-state index contributed by atoms with van der Waals surface area (Å²) in [5.41, 5.74) is 2.61. The first kappa shape index (κ1) is 14.7. The fraction of sp³-hybridized carbons (Fsp3) is 0.389. The Kier molecular flexibility index (Phi) is 5.75. The first-order chi connectivity index (χ1) is 9.81. The molecule has 2 heteroatoms. The Labute approximate surface area is 122 Å². The number of benzene rings is 1. The molecule has 2 aromatic rings. The van der Waals surface area contributed by atoms with Gasteiger partial charge in [0.15, 0.2) is 0 Å². The molecule has 0 saturated carbocycles. The van der Waals surface area contributed by atoms with E-state index in [1.165, 1.54) is 30.4 Å². The highest BCUT2D eigenvalue weighted by atomic mass is 14.9. The Morgan fingerprint density at radius 3 is 2.45 bits per heavy atom. The van der Waals surface area contributed by atoms with Gasteiger partial charge in [-0.15, -0.1) is 0 Å². The summed E-state index contributed by atoms with van der Waals surface area (Å²) in [4.78, 5) is 4.21. The fourth-order valence-corrected chi connectivity index (χ4v) is 2.47. The van der Waals surface area contributed by atoms with E-state index in [-0.39, 0.29) is 0 Å². The Morgan fingerprint density at radius 2 is 1.80 bits per heavy atom. The lowest BCUT2D eigenvalue weighted by Crippen LogP contribution is -2.24. The molecule has 2 atom stereocenters. The van der Waals surface area contributed by atoms with Crippen molar-refractivity contribution >= 4 is 0 Å². The quantitative estimate of drug-likeness (QED) is 0.789. The van der Waals surface area contributed by atoms with E-state index in [0.29, 0.717) is 12.1 Å². The summed E-state index contributed by atoms with van der Waals surface area (Å²) in [5.74, 6) is 0. The molecule has 2 nitrogen and oxygen atoms in total. The van der Waals surface area contributed by atoms with E-state index >= 15 is 0 Å². The van der Waals surface area contributed by atoms with Crippen LogP contribution in [0.15, 0.2) is 54.9 Å². The SMILES string of the molecule is CCCCC(N[C@@H](C)c1cccnc1)c1ccccc1. The molecule has 1 aromatic carbocycles. The molecule has 20 heavy (non-hydrogen) atoms. The molecule has 2 rings (SSSR count). The summed E-state index contributed by atoms with van der Waals surface area (Å²) >= 11 is 0. The van der Waals surface area contributed by atoms with Gasteiger partial charge in [-0.2, -0.15) is 0 Å². The van der Waals surface area contributed by atoms with E-state index in [0.717, 1.165) is 0 Å². The normalized spacial score (nSPS) is 13.9. The number of pyridine rings is 1. The van der Waals surface area contributed by atoms with Crippen LogP contribution in [0.1, 0.15) is 56.3 Å². The van der Waals surface area contributed by atoms with E-state index in [9.17, 15) is 0 Å². The topological polar surface area (TPSA) is 24.9 Å². The molecule has 0 saturated heterocycles. The summed E-state index contributed by atoms with van der Waals surface area (Å²) in [7, 11) is 0. The summed E-state index contributed by atoms with van der Waals surface area (Å²) in [6, 6.07) is 15.6. The van der Waals surface area contributed by atoms with Gasteiger partial charge in [0.05, 0.1) is 0 Å². The zero-order valence-electron chi connectivity index (χ0n) is 12.4. The van der Waals surface area contributed by atoms with Crippen molar-refractivity contribution in [1.29, 1.82) is 0 Å². The van der Waals surface area contributed by atoms with Crippen molar-refractivity contribution in [2.75, 3.05) is 0 Å². The summed E-state index contributed by atoms with van der Waals surface area (Å²) in [5, 5.41) is 3.74. The molecule has 0 fully saturated rings. The zero-order chi connectivity index (χ0) is 14.2. The van der Waals surface area contributed by atoms with Gasteiger partial charge in [0.25, 0.3) is 0 Å². The molecule has 1 aromatic heterocycles. The number of unbranched alkanes of at least 4 members (excludes halogenated alkanes) is 1. The Balaban J connectivity index is 2.08. The smallest absolute Gasteiger partial charge is 0.0325 e. The highest BCUT2D eigenvalue weighted by Gasteiger charge is 2.14. The lowest BCUT2D eigenvalue weighted by molar-refractivity contribution is 0.431. The Bertz CT molecular complexity index is 481. The second-order valence-corrected chi connectivity index (χ2v) is 5.28. The van der Waals surface area contributed by atoms with Gasteiger partial charge in [-0.1, -0.05) is 56.2 Å². The molecule has 1 heterocycles. The monoisotopic (exact) mass is 268 g/mol. The van der Waals surface area contributed by atoms with Crippen LogP contribution in [0.5, 0.6) is 0 Å². The number of nitrogens with one attached hydrogen (secondary N) is 1. The molecule has 0 bridgehead atoms. The maximum absolute atomic E-state index is 4.21. The van der Waals surface area contributed by atoms with Crippen molar-refractivity contribution in [2.24, 2.45) is 0 Å². The third kappa shape index (κ3) is 4.17. The van der Waals surface area contributed by atoms with Crippen LogP contribution in [0.25, 0.3) is 0 Å². The Morgan fingerprint density at radius 1 is 1.05 bits per heavy atom. The second-order valence-electron chi connectivity index (χ2n) is 5.28. The molecule has 1 N–H and O–H groups in total. The van der Waals surface area contributed by atoms with E-state index < -0.39 is 0 Å². The lowest BCUT2D eigenvalue weighted by Gasteiger charge is -2.24. The van der Waals surface area contributed by atoms with Gasteiger partial charge >= 0.3 is 0 Å². The minimum Gasteiger partial charge on any atom is -0.303 e. The van der Waals surface area contributed by atoms with E-state index in [1.54, 1.807) is 0 Å². The van der Waals surface area contributed by atoms with Gasteiger partial charge in [-0.25, -0.2) is 0 Å². The molecule has 0 aliphatic heterocycles. The summed E-state index contributed by atoms with van der Waals surface area (Å²) in [6.45, 7) is 4.45. The van der Waals surface area contributed by atoms with E-state index in [4.69, 9.17) is 0 Å². The average molecular weight is 268 g/mol. The molecule has 0 radical (unpaired) electrons. The van der Waals surface area contributed by atoms with Crippen molar-refractivity contribution < 1.29 is 0 Å². The number of hydrogen-bond donors (Lipinski definition) is 1. The summed E-state index contributed by atoms with van der Waals surface area (Å²) < 4.78 is 0. The van der Waals surface area contributed by atoms with Crippen molar-refractivity contribution in [1.82, 2.24) is 10.3 Å². The van der Waals surface area contributed by atoms with Gasteiger partial charge in [0.2, 0.25) is 0 Å². The highest BCUT2D eigenvalue weighted by Crippen LogP contribution is 2.23. The van der Waals surface area contributed by atoms with Crippen LogP contribution in [0.2, 0.25) is 0 Å². The highest BCUT2D eigenvalue weighted by molar-refractivity contribution is 5.20. The third-order valence-electron chi connectivity index (χ3n) is 3.68. The van der Waals surface area contributed by atoms with Crippen molar-refractivity contribution in [3.05, 3.63) is 66.0 Å². The molecule has 106 valence electrons. The molecule has 0 aliphatic carbocycles. The third-order valence-corrected chi connectivity index (χ3v) is 3.68. The number of aromatic nitrogens is 1. The Hall–Kier alpha value is -1.67. The van der Waals surface area contributed by atoms with E-state index in [1.807, 2.05) is 18.5 Å². The van der Waals surface area contributed by atoms with Gasteiger partial charge in [-0.3, -0.25) is 4.98 Å². The van der Waals surface area contributed by atoms with Crippen LogP contribution in [-0.4, -0.2) is 4.98 Å². The second kappa shape index (κ2) is 7.81. The zero-order valence-corrected chi connectivity index (χ0v) is 12.4. The fourth-order valence-electron chi connectivity index (χ4n) is 2.47. The maximum Gasteiger partial charge on any atom is 0.0325 e. The van der Waals surface area contributed by atoms with Gasteiger partial charge < -0.3 is 5.32 Å². The average Bonchev–Trinajstić information content (AvgIpc) is 2.53. The predicted octanol–water partition coefficient (Wildman–Crippen LogP) is 4.66. The van der Waals surface area contributed by atoms with Gasteiger partial charge in [0.1, 0.15) is 0 Å². The van der Waals surface area contributed by atoms with Crippen LogP contribution in [-0.2, 0) is 0 Å². The maximum atomic E-state index is 4.21. The molecular formula is C18H24N2. The van der Waals surface area contributed by atoms with E-state index in [2.05, 4.69) is 60.5 Å². The van der Waals surface area contributed by atoms with Crippen LogP contribution in [0.4, 0.5) is 0 Å². The first-order valence-electron chi connectivity index (χ1n) is 7.52. The standard InChI is InChI=1S/C18H24N2/c1-3-4-12-18(16-9-6-5-7-10-16)20-15(2)17-11-8-13-19-14-17/h5-11,13-15,18,20H,3-4,12H2,1-2H3/t15-,18?/m0/s1. The van der Waals surface area contributed by atoms with Crippen molar-refractivity contribution in [3.63, 3.8) is 0 Å². The molecule has 1 unspecified atom stereocenters. The number of rotatable bonds is 7. The first-order valence-corrected chi connectivity index (χ1v) is 7.52. The van der Waals surface area contributed by atoms with Crippen molar-refractivity contribution in [2.45, 2.75) is 45.2 Å². The lowest BCUT2D eigenvalue weighted by atomic mass is 9.99. The number of nitrogens with zero attached hydrogens (tertiary/aromatic N) is 1. The van der Waals surface area contributed by atoms with Crippen LogP contribution in [0, 0.1) is 0 Å². The largest absolute Gasteiger partial charge is 0.303 e. The summed E-state index contributed by atoms with van der Waals surface area (Å²) in [6.07, 6.45) is 7.41. The van der Waals surface area contributed by atoms with Crippen LogP contribution < -0.4 is 5.32 Å². The number of hydrogen-bond acceptors (Lipinski definition) is 2. The molecule has 0 spiro atoms. The molecule has 0 amide bonds.